The molecule has 2 rings (SSSR count). The molecule has 0 radical (unpaired) electrons. The number of anilines is 2. The average molecular weight is 327 g/mol. The molecule has 2 heterocycles. The lowest BCUT2D eigenvalue weighted by Gasteiger charge is -2.08. The molecule has 3 N–H and O–H groups in total. The van der Waals surface area contributed by atoms with Crippen molar-refractivity contribution in [3.8, 4) is 0 Å². The normalized spacial score (nSPS) is 10.7. The van der Waals surface area contributed by atoms with Gasteiger partial charge < -0.3 is 20.4 Å². The molecule has 0 saturated heterocycles. The van der Waals surface area contributed by atoms with Gasteiger partial charge in [-0.15, -0.1) is 0 Å². The van der Waals surface area contributed by atoms with Gasteiger partial charge in [-0.25, -0.2) is 9.78 Å². The Morgan fingerprint density at radius 1 is 1.63 bits per heavy atom. The molecular weight excluding hydrogens is 312 g/mol. The molecule has 0 aliphatic heterocycles. The molecule has 0 fully saturated rings. The number of nitrogens with zero attached hydrogens (tertiary/aromatic N) is 2. The van der Waals surface area contributed by atoms with E-state index in [-0.39, 0.29) is 11.4 Å². The average Bonchev–Trinajstić information content (AvgIpc) is 2.79. The molecule has 0 unspecified atom stereocenters. The Balaban J connectivity index is 2.85. The van der Waals surface area contributed by atoms with Crippen molar-refractivity contribution in [2.75, 3.05) is 25.2 Å². The van der Waals surface area contributed by atoms with Crippen molar-refractivity contribution in [1.82, 2.24) is 9.55 Å². The van der Waals surface area contributed by atoms with E-state index in [1.165, 1.54) is 7.11 Å². The van der Waals surface area contributed by atoms with Crippen molar-refractivity contribution in [3.63, 3.8) is 0 Å². The summed E-state index contributed by atoms with van der Waals surface area (Å²) in [5.41, 5.74) is 7.95. The molecule has 7 heteroatoms. The highest BCUT2D eigenvalue weighted by molar-refractivity contribution is 9.10. The fourth-order valence-electron chi connectivity index (χ4n) is 1.97. The smallest absolute Gasteiger partial charge is 0.358 e. The van der Waals surface area contributed by atoms with Crippen LogP contribution in [0.25, 0.3) is 11.0 Å². The monoisotopic (exact) mass is 326 g/mol. The van der Waals surface area contributed by atoms with Crippen molar-refractivity contribution in [3.05, 3.63) is 16.4 Å². The van der Waals surface area contributed by atoms with Crippen LogP contribution in [0.4, 0.5) is 11.4 Å². The minimum Gasteiger partial charge on any atom is -0.464 e. The van der Waals surface area contributed by atoms with Crippen LogP contribution in [-0.4, -0.2) is 29.7 Å². The number of carbonyl (C=O) groups excluding carboxylic acids is 1. The number of hydrogen-bond acceptors (Lipinski definition) is 5. The third-order valence-corrected chi connectivity index (χ3v) is 3.79. The zero-order valence-electron chi connectivity index (χ0n) is 11.0. The predicted molar refractivity (Wildman–Crippen MR) is 78.4 cm³/mol. The van der Waals surface area contributed by atoms with Gasteiger partial charge in [0.15, 0.2) is 5.69 Å². The Morgan fingerprint density at radius 2 is 2.32 bits per heavy atom. The molecule has 0 bridgehead atoms. The number of rotatable bonds is 3. The Morgan fingerprint density at radius 3 is 2.84 bits per heavy atom. The molecule has 2 aromatic heterocycles. The number of hydrogen-bond donors (Lipinski definition) is 2. The Labute approximate surface area is 119 Å². The molecule has 0 spiro atoms. The number of methoxy groups -OCH3 is 1. The summed E-state index contributed by atoms with van der Waals surface area (Å²) in [5, 5.41) is 3.95. The number of esters is 1. The number of nitrogens with one attached hydrogen (secondary N) is 1. The summed E-state index contributed by atoms with van der Waals surface area (Å²) in [6, 6.07) is 0. The summed E-state index contributed by atoms with van der Waals surface area (Å²) in [7, 11) is 3.13. The topological polar surface area (TPSA) is 82.2 Å². The van der Waals surface area contributed by atoms with E-state index in [0.717, 1.165) is 17.6 Å². The molecular formula is C12H15BrN4O2. The molecule has 0 aliphatic rings. The SMILES string of the molecule is CCn1cc(NC)c2c(Br)c(N)c(C(=O)OC)nc21. The van der Waals surface area contributed by atoms with E-state index in [1.54, 1.807) is 0 Å². The van der Waals surface area contributed by atoms with E-state index in [4.69, 9.17) is 10.5 Å². The second-order valence-electron chi connectivity index (χ2n) is 3.96. The second-order valence-corrected chi connectivity index (χ2v) is 4.75. The van der Waals surface area contributed by atoms with Gasteiger partial charge >= 0.3 is 5.97 Å². The van der Waals surface area contributed by atoms with Gasteiger partial charge in [0, 0.05) is 19.8 Å². The third-order valence-electron chi connectivity index (χ3n) is 2.97. The fourth-order valence-corrected chi connectivity index (χ4v) is 2.55. The van der Waals surface area contributed by atoms with Gasteiger partial charge in [-0.1, -0.05) is 0 Å². The van der Waals surface area contributed by atoms with Crippen molar-refractivity contribution in [2.24, 2.45) is 0 Å². The van der Waals surface area contributed by atoms with Crippen molar-refractivity contribution < 1.29 is 9.53 Å². The lowest BCUT2D eigenvalue weighted by Crippen LogP contribution is -2.10. The molecule has 0 saturated carbocycles. The van der Waals surface area contributed by atoms with Crippen LogP contribution >= 0.6 is 15.9 Å². The second kappa shape index (κ2) is 5.08. The van der Waals surface area contributed by atoms with Gasteiger partial charge in [-0.3, -0.25) is 0 Å². The van der Waals surface area contributed by atoms with Crippen LogP contribution in [0.2, 0.25) is 0 Å². The standard InChI is InChI=1S/C12H15BrN4O2/c1-4-17-5-6(15-2)7-8(13)9(14)10(12(18)19-3)16-11(7)17/h5,15H,4,14H2,1-3H3. The molecule has 0 atom stereocenters. The van der Waals surface area contributed by atoms with Crippen molar-refractivity contribution in [2.45, 2.75) is 13.5 Å². The highest BCUT2D eigenvalue weighted by Crippen LogP contribution is 2.36. The number of pyridine rings is 1. The lowest BCUT2D eigenvalue weighted by atomic mass is 10.2. The number of nitrogens with two attached hydrogens (primary N) is 1. The molecule has 0 aliphatic carbocycles. The predicted octanol–water partition coefficient (Wildman–Crippen LogP) is 2.23. The van der Waals surface area contributed by atoms with Crippen molar-refractivity contribution in [1.29, 1.82) is 0 Å². The first-order valence-corrected chi connectivity index (χ1v) is 6.58. The minimum atomic E-state index is -0.546. The van der Waals surface area contributed by atoms with Gasteiger partial charge in [0.25, 0.3) is 0 Å². The highest BCUT2D eigenvalue weighted by Gasteiger charge is 2.21. The van der Waals surface area contributed by atoms with E-state index in [1.807, 2.05) is 24.7 Å². The summed E-state index contributed by atoms with van der Waals surface area (Å²) in [6.07, 6.45) is 1.93. The first-order valence-electron chi connectivity index (χ1n) is 5.79. The Bertz CT molecular complexity index is 651. The summed E-state index contributed by atoms with van der Waals surface area (Å²) >= 11 is 3.44. The molecule has 0 amide bonds. The van der Waals surface area contributed by atoms with E-state index in [2.05, 4.69) is 26.2 Å². The van der Waals surface area contributed by atoms with Crippen LogP contribution in [0.1, 0.15) is 17.4 Å². The van der Waals surface area contributed by atoms with Crippen LogP contribution in [0.3, 0.4) is 0 Å². The highest BCUT2D eigenvalue weighted by atomic mass is 79.9. The zero-order valence-corrected chi connectivity index (χ0v) is 12.5. The number of halogens is 1. The van der Waals surface area contributed by atoms with Crippen molar-refractivity contribution >= 4 is 44.3 Å². The number of aromatic nitrogens is 2. The molecule has 0 aromatic carbocycles. The summed E-state index contributed by atoms with van der Waals surface area (Å²) in [5.74, 6) is -0.546. The third kappa shape index (κ3) is 2.03. The molecule has 2 aromatic rings. The minimum absolute atomic E-state index is 0.123. The van der Waals surface area contributed by atoms with Gasteiger partial charge in [0.2, 0.25) is 0 Å². The quantitative estimate of drug-likeness (QED) is 0.845. The maximum atomic E-state index is 11.7. The molecule has 19 heavy (non-hydrogen) atoms. The maximum absolute atomic E-state index is 11.7. The van der Waals surface area contributed by atoms with Crippen LogP contribution in [0, 0.1) is 0 Å². The molecule has 6 nitrogen and oxygen atoms in total. The first kappa shape index (κ1) is 13.7. The fraction of sp³-hybridized carbons (Fsp3) is 0.333. The van der Waals surface area contributed by atoms with Gasteiger partial charge in [0.1, 0.15) is 5.65 Å². The van der Waals surface area contributed by atoms with Gasteiger partial charge in [0.05, 0.1) is 28.3 Å². The van der Waals surface area contributed by atoms with E-state index in [0.29, 0.717) is 10.1 Å². The summed E-state index contributed by atoms with van der Waals surface area (Å²) < 4.78 is 7.29. The lowest BCUT2D eigenvalue weighted by molar-refractivity contribution is 0.0595. The molecule has 102 valence electrons. The number of aryl methyl sites for hydroxylation is 1. The largest absolute Gasteiger partial charge is 0.464 e. The first-order chi connectivity index (χ1) is 9.04. The maximum Gasteiger partial charge on any atom is 0.358 e. The Hall–Kier alpha value is -1.76. The van der Waals surface area contributed by atoms with Crippen LogP contribution < -0.4 is 11.1 Å². The summed E-state index contributed by atoms with van der Waals surface area (Å²) in [4.78, 5) is 16.0. The number of ether oxygens (including phenoxy) is 1. The number of fused-ring (bicyclic) bond motifs is 1. The van der Waals surface area contributed by atoms with E-state index < -0.39 is 5.97 Å². The van der Waals surface area contributed by atoms with Crippen LogP contribution in [0.15, 0.2) is 10.7 Å². The van der Waals surface area contributed by atoms with E-state index in [9.17, 15) is 4.79 Å². The van der Waals surface area contributed by atoms with Gasteiger partial charge in [-0.05, 0) is 22.9 Å². The summed E-state index contributed by atoms with van der Waals surface area (Å²) in [6.45, 7) is 2.74. The van der Waals surface area contributed by atoms with Crippen LogP contribution in [0.5, 0.6) is 0 Å². The van der Waals surface area contributed by atoms with Gasteiger partial charge in [-0.2, -0.15) is 0 Å². The zero-order chi connectivity index (χ0) is 14.2. The Kier molecular flexibility index (Phi) is 3.66. The van der Waals surface area contributed by atoms with Crippen LogP contribution in [-0.2, 0) is 11.3 Å². The number of nitrogen functional groups attached to an aromatic ring is 1. The number of carbonyl (C=O) groups is 1. The van der Waals surface area contributed by atoms with E-state index >= 15 is 0 Å².